The Morgan fingerprint density at radius 1 is 0.828 bits per heavy atom. The van der Waals surface area contributed by atoms with Crippen LogP contribution in [0.3, 0.4) is 0 Å². The fourth-order valence-corrected chi connectivity index (χ4v) is 4.67. The van der Waals surface area contributed by atoms with Crippen LogP contribution >= 0.6 is 0 Å². The van der Waals surface area contributed by atoms with Crippen molar-refractivity contribution < 1.29 is 23.0 Å². The molecule has 2 aromatic carbocycles. The van der Waals surface area contributed by atoms with Crippen LogP contribution in [0.4, 0.5) is 11.4 Å². The fourth-order valence-electron chi connectivity index (χ4n) is 3.13. The Morgan fingerprint density at radius 3 is 2.03 bits per heavy atom. The van der Waals surface area contributed by atoms with Crippen LogP contribution in [-0.4, -0.2) is 35.7 Å². The lowest BCUT2D eigenvalue weighted by atomic mass is 10.2. The van der Waals surface area contributed by atoms with Gasteiger partial charge in [-0.3, -0.25) is 20.2 Å². The molecule has 0 atom stereocenters. The number of nitro groups is 2. The van der Waals surface area contributed by atoms with E-state index in [2.05, 4.69) is 0 Å². The number of nitrogens with zero attached hydrogens (tertiary/aromatic N) is 3. The highest BCUT2D eigenvalue weighted by Gasteiger charge is 2.29. The molecule has 0 unspecified atom stereocenters. The lowest BCUT2D eigenvalue weighted by molar-refractivity contribution is -0.387. The molecule has 0 N–H and O–H groups in total. The molecule has 10 nitrogen and oxygen atoms in total. The highest BCUT2D eigenvalue weighted by atomic mass is 32.2. The number of ether oxygens (including phenoxy) is 1. The third kappa shape index (κ3) is 4.51. The summed E-state index contributed by atoms with van der Waals surface area (Å²) < 4.78 is 32.5. The Kier molecular flexibility index (Phi) is 6.09. The van der Waals surface area contributed by atoms with Gasteiger partial charge in [0, 0.05) is 25.2 Å². The van der Waals surface area contributed by atoms with E-state index in [1.165, 1.54) is 34.6 Å². The van der Waals surface area contributed by atoms with Gasteiger partial charge in [-0.1, -0.05) is 25.0 Å². The summed E-state index contributed by atoms with van der Waals surface area (Å²) in [5.74, 6) is -0.456. The van der Waals surface area contributed by atoms with Crippen molar-refractivity contribution >= 4 is 21.4 Å². The molecule has 1 aliphatic heterocycles. The maximum absolute atomic E-state index is 12.9. The minimum Gasteiger partial charge on any atom is -0.443 e. The second-order valence-corrected chi connectivity index (χ2v) is 8.47. The fraction of sp³-hybridized carbons (Fsp3) is 0.333. The van der Waals surface area contributed by atoms with Crippen LogP contribution in [0.5, 0.6) is 11.5 Å². The van der Waals surface area contributed by atoms with Crippen molar-refractivity contribution in [3.05, 3.63) is 62.7 Å². The average molecular weight is 421 g/mol. The minimum atomic E-state index is -3.89. The van der Waals surface area contributed by atoms with Gasteiger partial charge in [-0.05, 0) is 31.0 Å². The van der Waals surface area contributed by atoms with Gasteiger partial charge in [0.2, 0.25) is 21.5 Å². The summed E-state index contributed by atoms with van der Waals surface area (Å²) in [5.41, 5.74) is -0.942. The van der Waals surface area contributed by atoms with Crippen molar-refractivity contribution in [2.75, 3.05) is 13.1 Å². The Labute approximate surface area is 167 Å². The maximum Gasteiger partial charge on any atom is 0.312 e. The van der Waals surface area contributed by atoms with Crippen molar-refractivity contribution in [3.63, 3.8) is 0 Å². The Hall–Kier alpha value is -3.05. The third-order valence-electron chi connectivity index (χ3n) is 4.61. The monoisotopic (exact) mass is 421 g/mol. The van der Waals surface area contributed by atoms with E-state index < -0.39 is 25.6 Å². The van der Waals surface area contributed by atoms with Crippen LogP contribution in [0.2, 0.25) is 0 Å². The molecule has 2 aromatic rings. The number of hydrogen-bond donors (Lipinski definition) is 0. The van der Waals surface area contributed by atoms with Gasteiger partial charge in [-0.2, -0.15) is 4.31 Å². The van der Waals surface area contributed by atoms with Gasteiger partial charge in [0.1, 0.15) is 0 Å². The van der Waals surface area contributed by atoms with E-state index in [1.807, 2.05) is 0 Å². The first-order valence-corrected chi connectivity index (χ1v) is 10.4. The Morgan fingerprint density at radius 2 is 1.41 bits per heavy atom. The van der Waals surface area contributed by atoms with Crippen LogP contribution < -0.4 is 4.74 Å². The molecule has 0 aromatic heterocycles. The van der Waals surface area contributed by atoms with E-state index in [1.54, 1.807) is 0 Å². The van der Waals surface area contributed by atoms with E-state index in [9.17, 15) is 28.6 Å². The molecule has 0 aliphatic carbocycles. The molecule has 154 valence electrons. The zero-order valence-corrected chi connectivity index (χ0v) is 16.2. The molecule has 0 spiro atoms. The molecular formula is C18H19N3O7S. The molecule has 0 saturated carbocycles. The lowest BCUT2D eigenvalue weighted by Crippen LogP contribution is -2.31. The molecule has 29 heavy (non-hydrogen) atoms. The van der Waals surface area contributed by atoms with Crippen molar-refractivity contribution in [2.24, 2.45) is 0 Å². The van der Waals surface area contributed by atoms with Crippen LogP contribution in [0.1, 0.15) is 25.7 Å². The summed E-state index contributed by atoms with van der Waals surface area (Å²) in [6.07, 6.45) is 3.35. The SMILES string of the molecule is O=[N+]([O-])c1ccccc1Oc1ccc(S(=O)(=O)N2CCCCCC2)cc1[N+](=O)[O-]. The van der Waals surface area contributed by atoms with Crippen LogP contribution in [0.15, 0.2) is 47.4 Å². The zero-order valence-electron chi connectivity index (χ0n) is 15.4. The minimum absolute atomic E-state index is 0.177. The number of para-hydroxylation sites is 2. The molecule has 1 aliphatic rings. The van der Waals surface area contributed by atoms with Crippen LogP contribution in [0.25, 0.3) is 0 Å². The smallest absolute Gasteiger partial charge is 0.312 e. The van der Waals surface area contributed by atoms with Gasteiger partial charge >= 0.3 is 11.4 Å². The molecule has 0 bridgehead atoms. The Balaban J connectivity index is 1.98. The molecule has 3 rings (SSSR count). The Bertz CT molecular complexity index is 1030. The second-order valence-electron chi connectivity index (χ2n) is 6.53. The van der Waals surface area contributed by atoms with Crippen LogP contribution in [-0.2, 0) is 10.0 Å². The first-order chi connectivity index (χ1) is 13.8. The third-order valence-corrected chi connectivity index (χ3v) is 6.51. The van der Waals surface area contributed by atoms with Crippen molar-refractivity contribution in [2.45, 2.75) is 30.6 Å². The number of hydrogen-bond acceptors (Lipinski definition) is 7. The summed E-state index contributed by atoms with van der Waals surface area (Å²) >= 11 is 0. The van der Waals surface area contributed by atoms with Gasteiger partial charge in [-0.15, -0.1) is 0 Å². The topological polar surface area (TPSA) is 133 Å². The van der Waals surface area contributed by atoms with Gasteiger partial charge in [0.15, 0.2) is 0 Å². The zero-order chi connectivity index (χ0) is 21.0. The first-order valence-electron chi connectivity index (χ1n) is 9.00. The quantitative estimate of drug-likeness (QED) is 0.511. The predicted octanol–water partition coefficient (Wildman–Crippen LogP) is 3.86. The van der Waals surface area contributed by atoms with Gasteiger partial charge in [-0.25, -0.2) is 8.42 Å². The molecule has 0 radical (unpaired) electrons. The number of sulfonamides is 1. The highest BCUT2D eigenvalue weighted by molar-refractivity contribution is 7.89. The molecule has 0 amide bonds. The number of benzene rings is 2. The number of rotatable bonds is 6. The van der Waals surface area contributed by atoms with Gasteiger partial charge < -0.3 is 4.74 Å². The summed E-state index contributed by atoms with van der Waals surface area (Å²) in [6, 6.07) is 8.76. The summed E-state index contributed by atoms with van der Waals surface area (Å²) in [5, 5.41) is 22.7. The lowest BCUT2D eigenvalue weighted by Gasteiger charge is -2.20. The van der Waals surface area contributed by atoms with Gasteiger partial charge in [0.25, 0.3) is 0 Å². The highest BCUT2D eigenvalue weighted by Crippen LogP contribution is 2.37. The van der Waals surface area contributed by atoms with Crippen molar-refractivity contribution in [1.29, 1.82) is 0 Å². The molecule has 1 saturated heterocycles. The summed E-state index contributed by atoms with van der Waals surface area (Å²) in [6.45, 7) is 0.731. The van der Waals surface area contributed by atoms with E-state index in [0.29, 0.717) is 13.1 Å². The van der Waals surface area contributed by atoms with Crippen LogP contribution in [0, 0.1) is 20.2 Å². The summed E-state index contributed by atoms with van der Waals surface area (Å²) in [4.78, 5) is 21.0. The van der Waals surface area contributed by atoms with Crippen molar-refractivity contribution in [1.82, 2.24) is 4.31 Å². The number of nitro benzene ring substituents is 2. The molecule has 11 heteroatoms. The van der Waals surface area contributed by atoms with Gasteiger partial charge in [0.05, 0.1) is 14.7 Å². The predicted molar refractivity (Wildman–Crippen MR) is 103 cm³/mol. The van der Waals surface area contributed by atoms with E-state index in [4.69, 9.17) is 4.74 Å². The molecular weight excluding hydrogens is 402 g/mol. The van der Waals surface area contributed by atoms with E-state index in [0.717, 1.165) is 37.8 Å². The first kappa shape index (κ1) is 20.7. The second kappa shape index (κ2) is 8.53. The van der Waals surface area contributed by atoms with E-state index >= 15 is 0 Å². The molecule has 1 heterocycles. The normalized spacial score (nSPS) is 15.4. The van der Waals surface area contributed by atoms with Crippen molar-refractivity contribution in [3.8, 4) is 11.5 Å². The maximum atomic E-state index is 12.9. The standard InChI is InChI=1S/C18H19N3O7S/c22-20(23)15-7-3-4-8-17(15)28-18-10-9-14(13-16(18)21(24)25)29(26,27)19-11-5-1-2-6-12-19/h3-4,7-10,13H,1-2,5-6,11-12H2. The summed E-state index contributed by atoms with van der Waals surface area (Å²) in [7, 11) is -3.89. The van der Waals surface area contributed by atoms with E-state index in [-0.39, 0.29) is 22.1 Å². The molecule has 1 fully saturated rings. The largest absolute Gasteiger partial charge is 0.443 e. The average Bonchev–Trinajstić information content (AvgIpc) is 2.98.